The number of hydrogen-bond donors (Lipinski definition) is 1. The highest BCUT2D eigenvalue weighted by Gasteiger charge is 2.12. The van der Waals surface area contributed by atoms with E-state index in [0.29, 0.717) is 5.56 Å². The van der Waals surface area contributed by atoms with Gasteiger partial charge in [-0.05, 0) is 17.7 Å². The first-order valence-electron chi connectivity index (χ1n) is 4.07. The fourth-order valence-corrected chi connectivity index (χ4v) is 1.04. The third-order valence-electron chi connectivity index (χ3n) is 1.89. The highest BCUT2D eigenvalue weighted by molar-refractivity contribution is 5.38. The zero-order valence-electron chi connectivity index (χ0n) is 7.75. The Bertz CT molecular complexity index is 431. The Balaban J connectivity index is 2.95. The van der Waals surface area contributed by atoms with Crippen molar-refractivity contribution in [3.8, 4) is 6.07 Å². The predicted octanol–water partition coefficient (Wildman–Crippen LogP) is 1.71. The van der Waals surface area contributed by atoms with E-state index >= 15 is 0 Å². The number of aliphatic hydroxyl groups is 1. The maximum absolute atomic E-state index is 10.3. The first-order chi connectivity index (χ1) is 7.06. The van der Waals surface area contributed by atoms with Crippen LogP contribution < -0.4 is 0 Å². The van der Waals surface area contributed by atoms with Crippen molar-refractivity contribution in [1.82, 2.24) is 0 Å². The number of nitriles is 1. The largest absolute Gasteiger partial charge is 0.383 e. The Labute approximate surface area is 86.0 Å². The van der Waals surface area contributed by atoms with Gasteiger partial charge in [0.15, 0.2) is 0 Å². The van der Waals surface area contributed by atoms with E-state index in [-0.39, 0.29) is 11.3 Å². The van der Waals surface area contributed by atoms with Crippen molar-refractivity contribution in [3.05, 3.63) is 52.1 Å². The van der Waals surface area contributed by atoms with Crippen LogP contribution in [0.3, 0.4) is 0 Å². The van der Waals surface area contributed by atoms with Gasteiger partial charge in [0.1, 0.15) is 6.10 Å². The van der Waals surface area contributed by atoms with E-state index in [4.69, 9.17) is 5.26 Å². The number of non-ortho nitro benzene ring substituents is 1. The lowest BCUT2D eigenvalue weighted by molar-refractivity contribution is -0.384. The molecule has 5 nitrogen and oxygen atoms in total. The molecule has 1 rings (SSSR count). The zero-order chi connectivity index (χ0) is 11.4. The molecule has 0 unspecified atom stereocenters. The lowest BCUT2D eigenvalue weighted by atomic mass is 10.0. The van der Waals surface area contributed by atoms with Gasteiger partial charge in [-0.25, -0.2) is 0 Å². The van der Waals surface area contributed by atoms with Gasteiger partial charge in [0.2, 0.25) is 0 Å². The van der Waals surface area contributed by atoms with Crippen molar-refractivity contribution in [2.45, 2.75) is 6.10 Å². The van der Waals surface area contributed by atoms with Crippen LogP contribution in [0.25, 0.3) is 0 Å². The summed E-state index contributed by atoms with van der Waals surface area (Å²) in [6, 6.07) is 7.04. The Morgan fingerprint density at radius 1 is 1.53 bits per heavy atom. The zero-order valence-corrected chi connectivity index (χ0v) is 7.75. The van der Waals surface area contributed by atoms with E-state index < -0.39 is 11.0 Å². The minimum atomic E-state index is -1.10. The van der Waals surface area contributed by atoms with Crippen LogP contribution in [0.4, 0.5) is 5.69 Å². The molecule has 1 N–H and O–H groups in total. The van der Waals surface area contributed by atoms with E-state index in [0.717, 1.165) is 0 Å². The molecule has 0 bridgehead atoms. The fourth-order valence-electron chi connectivity index (χ4n) is 1.04. The smallest absolute Gasteiger partial charge is 0.269 e. The van der Waals surface area contributed by atoms with Crippen molar-refractivity contribution in [2.24, 2.45) is 0 Å². The van der Waals surface area contributed by atoms with Crippen LogP contribution >= 0.6 is 0 Å². The SMILES string of the molecule is C=C(C#N)[C@H](O)c1ccc([N+](=O)[O-])cc1. The second kappa shape index (κ2) is 4.35. The number of benzene rings is 1. The average Bonchev–Trinajstić information content (AvgIpc) is 2.27. The van der Waals surface area contributed by atoms with E-state index in [1.165, 1.54) is 24.3 Å². The lowest BCUT2D eigenvalue weighted by Crippen LogP contribution is -1.99. The third kappa shape index (κ3) is 2.39. The normalized spacial score (nSPS) is 11.5. The van der Waals surface area contributed by atoms with Crippen LogP contribution in [0.1, 0.15) is 11.7 Å². The molecule has 15 heavy (non-hydrogen) atoms. The maximum atomic E-state index is 10.3. The van der Waals surface area contributed by atoms with Crippen LogP contribution in [-0.2, 0) is 0 Å². The molecule has 0 saturated carbocycles. The van der Waals surface area contributed by atoms with Crippen molar-refractivity contribution >= 4 is 5.69 Å². The van der Waals surface area contributed by atoms with Crippen molar-refractivity contribution in [3.63, 3.8) is 0 Å². The maximum Gasteiger partial charge on any atom is 0.269 e. The summed E-state index contributed by atoms with van der Waals surface area (Å²) >= 11 is 0. The molecule has 0 fully saturated rings. The third-order valence-corrected chi connectivity index (χ3v) is 1.89. The van der Waals surface area contributed by atoms with Crippen LogP contribution in [0.5, 0.6) is 0 Å². The molecule has 0 spiro atoms. The van der Waals surface area contributed by atoms with Crippen molar-refractivity contribution < 1.29 is 10.0 Å². The lowest BCUT2D eigenvalue weighted by Gasteiger charge is -2.07. The molecule has 0 amide bonds. The summed E-state index contributed by atoms with van der Waals surface area (Å²) in [5.74, 6) is 0. The molecule has 0 aliphatic rings. The predicted molar refractivity (Wildman–Crippen MR) is 52.8 cm³/mol. The Hall–Kier alpha value is -2.19. The first kappa shape index (κ1) is 10.9. The monoisotopic (exact) mass is 204 g/mol. The molecule has 1 atom stereocenters. The van der Waals surface area contributed by atoms with Gasteiger partial charge in [0.05, 0.1) is 16.6 Å². The van der Waals surface area contributed by atoms with Gasteiger partial charge >= 0.3 is 0 Å². The highest BCUT2D eigenvalue weighted by Crippen LogP contribution is 2.21. The van der Waals surface area contributed by atoms with Crippen LogP contribution in [0.2, 0.25) is 0 Å². The second-order valence-electron chi connectivity index (χ2n) is 2.89. The number of hydrogen-bond acceptors (Lipinski definition) is 4. The summed E-state index contributed by atoms with van der Waals surface area (Å²) in [4.78, 5) is 9.81. The molecule has 0 aliphatic heterocycles. The molecule has 0 radical (unpaired) electrons. The summed E-state index contributed by atoms with van der Waals surface area (Å²) in [6.45, 7) is 3.36. The van der Waals surface area contributed by atoms with Crippen molar-refractivity contribution in [2.75, 3.05) is 0 Å². The van der Waals surface area contributed by atoms with E-state index in [1.807, 2.05) is 0 Å². The topological polar surface area (TPSA) is 87.2 Å². The second-order valence-corrected chi connectivity index (χ2v) is 2.89. The summed E-state index contributed by atoms with van der Waals surface area (Å²) < 4.78 is 0. The highest BCUT2D eigenvalue weighted by atomic mass is 16.6. The molecule has 0 heterocycles. The summed E-state index contributed by atoms with van der Waals surface area (Å²) in [7, 11) is 0. The molecule has 0 saturated heterocycles. The minimum Gasteiger partial charge on any atom is -0.383 e. The number of rotatable bonds is 3. The van der Waals surface area contributed by atoms with Gasteiger partial charge < -0.3 is 5.11 Å². The van der Waals surface area contributed by atoms with Gasteiger partial charge in [0.25, 0.3) is 5.69 Å². The van der Waals surface area contributed by atoms with Gasteiger partial charge in [0, 0.05) is 12.1 Å². The van der Waals surface area contributed by atoms with Gasteiger partial charge in [-0.2, -0.15) is 5.26 Å². The summed E-state index contributed by atoms with van der Waals surface area (Å²) in [5, 5.41) is 28.4. The summed E-state index contributed by atoms with van der Waals surface area (Å²) in [5.41, 5.74) is 0.351. The van der Waals surface area contributed by atoms with E-state index in [1.54, 1.807) is 6.07 Å². The quantitative estimate of drug-likeness (QED) is 0.461. The van der Waals surface area contributed by atoms with E-state index in [9.17, 15) is 15.2 Å². The standard InChI is InChI=1S/C10H8N2O3/c1-7(6-11)10(13)8-2-4-9(5-3-8)12(14)15/h2-5,10,13H,1H2/t10-/m0/s1. The molecule has 5 heteroatoms. The van der Waals surface area contributed by atoms with Crippen molar-refractivity contribution in [1.29, 1.82) is 5.26 Å². The molecule has 76 valence electrons. The molecule has 0 aromatic heterocycles. The first-order valence-corrected chi connectivity index (χ1v) is 4.07. The Morgan fingerprint density at radius 3 is 2.47 bits per heavy atom. The minimum absolute atomic E-state index is 0.00357. The molecular weight excluding hydrogens is 196 g/mol. The van der Waals surface area contributed by atoms with Crippen LogP contribution in [0.15, 0.2) is 36.4 Å². The van der Waals surface area contributed by atoms with Crippen LogP contribution in [0, 0.1) is 21.4 Å². The number of aliphatic hydroxyl groups excluding tert-OH is 1. The van der Waals surface area contributed by atoms with Gasteiger partial charge in [-0.15, -0.1) is 0 Å². The van der Waals surface area contributed by atoms with Crippen LogP contribution in [-0.4, -0.2) is 10.0 Å². The molecule has 1 aromatic carbocycles. The molecule has 0 aliphatic carbocycles. The van der Waals surface area contributed by atoms with E-state index in [2.05, 4.69) is 6.58 Å². The molecule has 1 aromatic rings. The number of nitro groups is 1. The fraction of sp³-hybridized carbons (Fsp3) is 0.100. The molecular formula is C10H8N2O3. The summed E-state index contributed by atoms with van der Waals surface area (Å²) in [6.07, 6.45) is -1.10. The van der Waals surface area contributed by atoms with Gasteiger partial charge in [-0.3, -0.25) is 10.1 Å². The number of nitro benzene ring substituents is 1. The number of nitrogens with zero attached hydrogens (tertiary/aromatic N) is 2. The average molecular weight is 204 g/mol. The Kier molecular flexibility index (Phi) is 3.16. The Morgan fingerprint density at radius 2 is 2.07 bits per heavy atom. The van der Waals surface area contributed by atoms with Gasteiger partial charge in [-0.1, -0.05) is 6.58 Å².